The van der Waals surface area contributed by atoms with Crippen LogP contribution in [0, 0.1) is 12.7 Å². The monoisotopic (exact) mass is 319 g/mol. The number of fused-ring (bicyclic) bond motifs is 1. The van der Waals surface area contributed by atoms with E-state index in [9.17, 15) is 4.39 Å². The number of rotatable bonds is 1. The molecule has 3 nitrogen and oxygen atoms in total. The van der Waals surface area contributed by atoms with E-state index >= 15 is 0 Å². The van der Waals surface area contributed by atoms with Gasteiger partial charge in [0.05, 0.1) is 16.7 Å². The molecule has 96 valence electrons. The van der Waals surface area contributed by atoms with E-state index in [0.717, 1.165) is 21.2 Å². The number of anilines is 1. The lowest BCUT2D eigenvalue weighted by Crippen LogP contribution is -2.01. The van der Waals surface area contributed by atoms with Crippen LogP contribution < -0.4 is 5.73 Å². The van der Waals surface area contributed by atoms with E-state index in [0.29, 0.717) is 11.5 Å². The summed E-state index contributed by atoms with van der Waals surface area (Å²) in [5.74, 6) is 0.0188. The van der Waals surface area contributed by atoms with E-state index < -0.39 is 0 Å². The Bertz CT molecular complexity index is 780. The molecule has 2 aromatic carbocycles. The highest BCUT2D eigenvalue weighted by Gasteiger charge is 2.12. The van der Waals surface area contributed by atoms with Gasteiger partial charge in [-0.3, -0.25) is 4.57 Å². The van der Waals surface area contributed by atoms with Gasteiger partial charge in [0.1, 0.15) is 5.82 Å². The number of aromatic nitrogens is 2. The maximum absolute atomic E-state index is 13.2. The van der Waals surface area contributed by atoms with E-state index in [-0.39, 0.29) is 5.82 Å². The fraction of sp³-hybridized carbons (Fsp3) is 0.0714. The van der Waals surface area contributed by atoms with Crippen LogP contribution in [0.1, 0.15) is 5.56 Å². The van der Waals surface area contributed by atoms with Gasteiger partial charge in [0.25, 0.3) is 0 Å². The lowest BCUT2D eigenvalue weighted by atomic mass is 10.2. The van der Waals surface area contributed by atoms with E-state index in [1.165, 1.54) is 12.1 Å². The SMILES string of the molecule is Cc1ccc(-n2c(N)nc3cc(F)ccc32)c(Br)c1. The largest absolute Gasteiger partial charge is 0.369 e. The van der Waals surface area contributed by atoms with Gasteiger partial charge >= 0.3 is 0 Å². The van der Waals surface area contributed by atoms with Gasteiger partial charge in [-0.2, -0.15) is 0 Å². The molecule has 0 unspecified atom stereocenters. The zero-order valence-corrected chi connectivity index (χ0v) is 11.8. The number of nitrogens with zero attached hydrogens (tertiary/aromatic N) is 2. The molecule has 0 fully saturated rings. The summed E-state index contributed by atoms with van der Waals surface area (Å²) in [4.78, 5) is 4.19. The molecule has 0 amide bonds. The van der Waals surface area contributed by atoms with Gasteiger partial charge in [-0.25, -0.2) is 9.37 Å². The third-order valence-corrected chi connectivity index (χ3v) is 3.62. The number of hydrogen-bond donors (Lipinski definition) is 1. The van der Waals surface area contributed by atoms with E-state index in [1.54, 1.807) is 10.6 Å². The van der Waals surface area contributed by atoms with Crippen molar-refractivity contribution in [3.63, 3.8) is 0 Å². The lowest BCUT2D eigenvalue weighted by molar-refractivity contribution is 0.629. The number of aryl methyl sites for hydroxylation is 1. The summed E-state index contributed by atoms with van der Waals surface area (Å²) in [5.41, 5.74) is 9.31. The van der Waals surface area contributed by atoms with Gasteiger partial charge in [0.15, 0.2) is 0 Å². The molecule has 0 aliphatic carbocycles. The van der Waals surface area contributed by atoms with Crippen molar-refractivity contribution < 1.29 is 4.39 Å². The van der Waals surface area contributed by atoms with E-state index in [4.69, 9.17) is 5.73 Å². The van der Waals surface area contributed by atoms with Gasteiger partial charge < -0.3 is 5.73 Å². The molecule has 0 atom stereocenters. The second-order valence-corrected chi connectivity index (χ2v) is 5.25. The van der Waals surface area contributed by atoms with Crippen LogP contribution in [0.3, 0.4) is 0 Å². The molecule has 5 heteroatoms. The number of benzene rings is 2. The van der Waals surface area contributed by atoms with Gasteiger partial charge in [-0.05, 0) is 52.7 Å². The van der Waals surface area contributed by atoms with Crippen LogP contribution in [0.4, 0.5) is 10.3 Å². The maximum atomic E-state index is 13.2. The molecule has 0 aliphatic rings. The smallest absolute Gasteiger partial charge is 0.205 e. The number of nitrogens with two attached hydrogens (primary N) is 1. The first-order valence-electron chi connectivity index (χ1n) is 5.76. The number of hydrogen-bond acceptors (Lipinski definition) is 2. The van der Waals surface area contributed by atoms with Crippen LogP contribution in [-0.4, -0.2) is 9.55 Å². The normalized spacial score (nSPS) is 11.1. The maximum Gasteiger partial charge on any atom is 0.205 e. The molecular formula is C14H11BrFN3. The van der Waals surface area contributed by atoms with Crippen LogP contribution in [0.5, 0.6) is 0 Å². The summed E-state index contributed by atoms with van der Waals surface area (Å²) in [6.45, 7) is 2.01. The molecule has 1 heterocycles. The van der Waals surface area contributed by atoms with Crippen molar-refractivity contribution in [3.05, 3.63) is 52.3 Å². The van der Waals surface area contributed by atoms with Crippen molar-refractivity contribution in [1.82, 2.24) is 9.55 Å². The van der Waals surface area contributed by atoms with Crippen LogP contribution in [-0.2, 0) is 0 Å². The summed E-state index contributed by atoms with van der Waals surface area (Å²) in [5, 5.41) is 0. The predicted octanol–water partition coefficient (Wildman–Crippen LogP) is 3.82. The van der Waals surface area contributed by atoms with Crippen molar-refractivity contribution in [2.75, 3.05) is 5.73 Å². The number of halogens is 2. The Labute approximate surface area is 118 Å². The molecule has 0 radical (unpaired) electrons. The fourth-order valence-electron chi connectivity index (χ4n) is 2.12. The molecule has 0 spiro atoms. The third-order valence-electron chi connectivity index (χ3n) is 2.99. The van der Waals surface area contributed by atoms with Gasteiger partial charge in [-0.1, -0.05) is 6.07 Å². The van der Waals surface area contributed by atoms with Crippen molar-refractivity contribution in [2.45, 2.75) is 6.92 Å². The van der Waals surface area contributed by atoms with E-state index in [2.05, 4.69) is 20.9 Å². The highest BCUT2D eigenvalue weighted by atomic mass is 79.9. The second kappa shape index (κ2) is 4.35. The van der Waals surface area contributed by atoms with Crippen LogP contribution >= 0.6 is 15.9 Å². The Balaban J connectivity index is 2.33. The van der Waals surface area contributed by atoms with Gasteiger partial charge in [-0.15, -0.1) is 0 Å². The molecule has 0 bridgehead atoms. The molecule has 0 saturated heterocycles. The average Bonchev–Trinajstić information content (AvgIpc) is 2.65. The Morgan fingerprint density at radius 3 is 2.74 bits per heavy atom. The standard InChI is InChI=1S/C14H11BrFN3/c1-8-2-4-12(10(15)6-8)19-13-5-3-9(16)7-11(13)18-14(19)17/h2-7H,1H3,(H2,17,18). The number of nitrogen functional groups attached to an aromatic ring is 1. The highest BCUT2D eigenvalue weighted by molar-refractivity contribution is 9.10. The molecule has 0 aliphatic heterocycles. The zero-order chi connectivity index (χ0) is 13.6. The van der Waals surface area contributed by atoms with Crippen molar-refractivity contribution in [3.8, 4) is 5.69 Å². The summed E-state index contributed by atoms with van der Waals surface area (Å²) in [6, 6.07) is 10.4. The quantitative estimate of drug-likeness (QED) is 0.741. The molecule has 1 aromatic heterocycles. The Hall–Kier alpha value is -1.88. The first-order chi connectivity index (χ1) is 9.06. The second-order valence-electron chi connectivity index (χ2n) is 4.39. The molecule has 3 aromatic rings. The van der Waals surface area contributed by atoms with Crippen molar-refractivity contribution in [1.29, 1.82) is 0 Å². The minimum absolute atomic E-state index is 0.319. The van der Waals surface area contributed by atoms with Gasteiger partial charge in [0.2, 0.25) is 5.95 Å². The molecule has 0 saturated carbocycles. The first-order valence-corrected chi connectivity index (χ1v) is 6.55. The highest BCUT2D eigenvalue weighted by Crippen LogP contribution is 2.29. The summed E-state index contributed by atoms with van der Waals surface area (Å²) >= 11 is 3.52. The van der Waals surface area contributed by atoms with Crippen molar-refractivity contribution >= 4 is 32.9 Å². The van der Waals surface area contributed by atoms with Crippen LogP contribution in [0.15, 0.2) is 40.9 Å². The Morgan fingerprint density at radius 1 is 1.21 bits per heavy atom. The zero-order valence-electron chi connectivity index (χ0n) is 10.2. The fourth-order valence-corrected chi connectivity index (χ4v) is 2.79. The minimum Gasteiger partial charge on any atom is -0.369 e. The van der Waals surface area contributed by atoms with Crippen molar-refractivity contribution in [2.24, 2.45) is 0 Å². The Kier molecular flexibility index (Phi) is 2.78. The summed E-state index contributed by atoms with van der Waals surface area (Å²) in [7, 11) is 0. The molecule has 3 rings (SSSR count). The minimum atomic E-state index is -0.319. The topological polar surface area (TPSA) is 43.8 Å². The molecule has 19 heavy (non-hydrogen) atoms. The summed E-state index contributed by atoms with van der Waals surface area (Å²) in [6.07, 6.45) is 0. The summed E-state index contributed by atoms with van der Waals surface area (Å²) < 4.78 is 15.9. The Morgan fingerprint density at radius 2 is 2.00 bits per heavy atom. The number of imidazole rings is 1. The average molecular weight is 320 g/mol. The first kappa shape index (κ1) is 12.2. The molecular weight excluding hydrogens is 309 g/mol. The van der Waals surface area contributed by atoms with Crippen LogP contribution in [0.2, 0.25) is 0 Å². The molecule has 2 N–H and O–H groups in total. The van der Waals surface area contributed by atoms with Gasteiger partial charge in [0, 0.05) is 10.5 Å². The van der Waals surface area contributed by atoms with Crippen LogP contribution in [0.25, 0.3) is 16.7 Å². The lowest BCUT2D eigenvalue weighted by Gasteiger charge is -2.09. The van der Waals surface area contributed by atoms with E-state index in [1.807, 2.05) is 25.1 Å². The third kappa shape index (κ3) is 2.00. The predicted molar refractivity (Wildman–Crippen MR) is 77.9 cm³/mol.